The van der Waals surface area contributed by atoms with Crippen LogP contribution in [0.25, 0.3) is 0 Å². The van der Waals surface area contributed by atoms with Gasteiger partial charge in [-0.3, -0.25) is 14.4 Å². The summed E-state index contributed by atoms with van der Waals surface area (Å²) in [4.78, 5) is 40.2. The maximum absolute atomic E-state index is 12.6. The Labute approximate surface area is 168 Å². The zero-order valence-electron chi connectivity index (χ0n) is 15.4. The number of para-hydroxylation sites is 1. The molecule has 2 heterocycles. The molecule has 1 atom stereocenters. The SMILES string of the molecule is CC(=O)N1CCc2cc(N3C[C@H](C(=O)Nc4ccccc4Cl)CC3=O)ccc21. The highest BCUT2D eigenvalue weighted by Crippen LogP contribution is 2.34. The van der Waals surface area contributed by atoms with Crippen LogP contribution in [0.3, 0.4) is 0 Å². The summed E-state index contributed by atoms with van der Waals surface area (Å²) >= 11 is 6.10. The molecule has 0 unspecified atom stereocenters. The van der Waals surface area contributed by atoms with Gasteiger partial charge in [-0.1, -0.05) is 23.7 Å². The van der Waals surface area contributed by atoms with Crippen LogP contribution in [0.2, 0.25) is 5.02 Å². The van der Waals surface area contributed by atoms with Crippen LogP contribution >= 0.6 is 11.6 Å². The molecule has 1 fully saturated rings. The number of rotatable bonds is 3. The number of halogens is 1. The van der Waals surface area contributed by atoms with Crippen molar-refractivity contribution >= 4 is 46.4 Å². The number of nitrogens with one attached hydrogen (secondary N) is 1. The molecule has 2 aliphatic rings. The van der Waals surface area contributed by atoms with Crippen LogP contribution < -0.4 is 15.1 Å². The van der Waals surface area contributed by atoms with E-state index in [1.165, 1.54) is 0 Å². The third-order valence-electron chi connectivity index (χ3n) is 5.28. The Bertz CT molecular complexity index is 975. The number of anilines is 3. The lowest BCUT2D eigenvalue weighted by molar-refractivity contribution is -0.122. The van der Waals surface area contributed by atoms with E-state index in [0.717, 1.165) is 23.4 Å². The first kappa shape index (κ1) is 18.5. The summed E-state index contributed by atoms with van der Waals surface area (Å²) in [5.41, 5.74) is 3.25. The van der Waals surface area contributed by atoms with Crippen molar-refractivity contribution < 1.29 is 14.4 Å². The maximum atomic E-state index is 12.6. The van der Waals surface area contributed by atoms with E-state index in [4.69, 9.17) is 11.6 Å². The van der Waals surface area contributed by atoms with Gasteiger partial charge in [0.15, 0.2) is 0 Å². The van der Waals surface area contributed by atoms with E-state index >= 15 is 0 Å². The van der Waals surface area contributed by atoms with E-state index in [9.17, 15) is 14.4 Å². The van der Waals surface area contributed by atoms with Crippen molar-refractivity contribution in [2.24, 2.45) is 5.92 Å². The molecule has 1 N–H and O–H groups in total. The summed E-state index contributed by atoms with van der Waals surface area (Å²) in [5, 5.41) is 3.27. The molecule has 3 amide bonds. The average Bonchev–Trinajstić information content (AvgIpc) is 3.26. The lowest BCUT2D eigenvalue weighted by atomic mass is 10.1. The summed E-state index contributed by atoms with van der Waals surface area (Å²) in [7, 11) is 0. The summed E-state index contributed by atoms with van der Waals surface area (Å²) in [5.74, 6) is -0.723. The van der Waals surface area contributed by atoms with E-state index in [2.05, 4.69) is 5.32 Å². The van der Waals surface area contributed by atoms with Crippen LogP contribution in [0.4, 0.5) is 17.1 Å². The molecule has 144 valence electrons. The lowest BCUT2D eigenvalue weighted by Gasteiger charge is -2.19. The minimum absolute atomic E-state index is 0.0139. The molecule has 2 aromatic carbocycles. The largest absolute Gasteiger partial charge is 0.324 e. The number of benzene rings is 2. The molecule has 1 saturated heterocycles. The fourth-order valence-corrected chi connectivity index (χ4v) is 4.00. The monoisotopic (exact) mass is 397 g/mol. The zero-order valence-corrected chi connectivity index (χ0v) is 16.2. The zero-order chi connectivity index (χ0) is 19.8. The summed E-state index contributed by atoms with van der Waals surface area (Å²) in [6.45, 7) is 2.53. The Morgan fingerprint density at radius 2 is 1.96 bits per heavy atom. The summed E-state index contributed by atoms with van der Waals surface area (Å²) in [6.07, 6.45) is 0.925. The van der Waals surface area contributed by atoms with Gasteiger partial charge in [-0.15, -0.1) is 0 Å². The van der Waals surface area contributed by atoms with Crippen molar-refractivity contribution in [2.75, 3.05) is 28.2 Å². The molecule has 2 aliphatic heterocycles. The number of carbonyl (C=O) groups is 3. The fourth-order valence-electron chi connectivity index (χ4n) is 3.81. The van der Waals surface area contributed by atoms with Gasteiger partial charge in [0.1, 0.15) is 0 Å². The molecule has 0 radical (unpaired) electrons. The summed E-state index contributed by atoms with van der Waals surface area (Å²) < 4.78 is 0. The Morgan fingerprint density at radius 3 is 2.71 bits per heavy atom. The van der Waals surface area contributed by atoms with Crippen molar-refractivity contribution in [2.45, 2.75) is 19.8 Å². The lowest BCUT2D eigenvalue weighted by Crippen LogP contribution is -2.28. The van der Waals surface area contributed by atoms with Gasteiger partial charge < -0.3 is 15.1 Å². The number of carbonyl (C=O) groups excluding carboxylic acids is 3. The van der Waals surface area contributed by atoms with E-state index in [-0.39, 0.29) is 24.1 Å². The van der Waals surface area contributed by atoms with E-state index in [1.807, 2.05) is 18.2 Å². The molecular weight excluding hydrogens is 378 g/mol. The normalized spacial score (nSPS) is 18.4. The molecule has 2 aromatic rings. The third kappa shape index (κ3) is 3.36. The molecule has 6 nitrogen and oxygen atoms in total. The number of nitrogens with zero attached hydrogens (tertiary/aromatic N) is 2. The molecule has 0 bridgehead atoms. The van der Waals surface area contributed by atoms with Gasteiger partial charge in [0, 0.05) is 37.8 Å². The fraction of sp³-hybridized carbons (Fsp3) is 0.286. The molecule has 28 heavy (non-hydrogen) atoms. The smallest absolute Gasteiger partial charge is 0.229 e. The van der Waals surface area contributed by atoms with E-state index < -0.39 is 5.92 Å². The van der Waals surface area contributed by atoms with Crippen LogP contribution in [0.15, 0.2) is 42.5 Å². The molecule has 0 aromatic heterocycles. The van der Waals surface area contributed by atoms with Crippen molar-refractivity contribution in [3.05, 3.63) is 53.1 Å². The molecule has 7 heteroatoms. The van der Waals surface area contributed by atoms with Crippen molar-refractivity contribution in [3.63, 3.8) is 0 Å². The summed E-state index contributed by atoms with van der Waals surface area (Å²) in [6, 6.07) is 12.7. The second-order valence-corrected chi connectivity index (χ2v) is 7.52. The minimum Gasteiger partial charge on any atom is -0.324 e. The Balaban J connectivity index is 1.49. The Kier molecular flexibility index (Phi) is 4.81. The maximum Gasteiger partial charge on any atom is 0.229 e. The van der Waals surface area contributed by atoms with Crippen LogP contribution in [-0.4, -0.2) is 30.8 Å². The van der Waals surface area contributed by atoms with Crippen LogP contribution in [0, 0.1) is 5.92 Å². The number of fused-ring (bicyclic) bond motifs is 1. The van der Waals surface area contributed by atoms with Gasteiger partial charge in [-0.05, 0) is 42.3 Å². The van der Waals surface area contributed by atoms with E-state index in [1.54, 1.807) is 41.0 Å². The predicted molar refractivity (Wildman–Crippen MR) is 109 cm³/mol. The van der Waals surface area contributed by atoms with Gasteiger partial charge in [-0.25, -0.2) is 0 Å². The highest BCUT2D eigenvalue weighted by molar-refractivity contribution is 6.33. The quantitative estimate of drug-likeness (QED) is 0.864. The molecule has 0 spiro atoms. The number of hydrogen-bond acceptors (Lipinski definition) is 3. The van der Waals surface area contributed by atoms with Crippen LogP contribution in [-0.2, 0) is 20.8 Å². The number of amides is 3. The molecule has 0 saturated carbocycles. The first-order valence-electron chi connectivity index (χ1n) is 9.21. The van der Waals surface area contributed by atoms with Gasteiger partial charge in [0.25, 0.3) is 0 Å². The predicted octanol–water partition coefficient (Wildman–Crippen LogP) is 3.24. The highest BCUT2D eigenvalue weighted by atomic mass is 35.5. The first-order chi connectivity index (χ1) is 13.4. The second-order valence-electron chi connectivity index (χ2n) is 7.11. The Morgan fingerprint density at radius 1 is 1.18 bits per heavy atom. The van der Waals surface area contributed by atoms with Gasteiger partial charge >= 0.3 is 0 Å². The van der Waals surface area contributed by atoms with Crippen molar-refractivity contribution in [1.82, 2.24) is 0 Å². The number of hydrogen-bond donors (Lipinski definition) is 1. The van der Waals surface area contributed by atoms with Crippen LogP contribution in [0.1, 0.15) is 18.9 Å². The standard InChI is InChI=1S/C21H20ClN3O3/c1-13(26)24-9-8-14-10-16(6-7-19(14)24)25-12-15(11-20(25)27)21(28)23-18-5-3-2-4-17(18)22/h2-7,10,15H,8-9,11-12H2,1H3,(H,23,28)/t15-/m1/s1. The van der Waals surface area contributed by atoms with E-state index in [0.29, 0.717) is 23.8 Å². The van der Waals surface area contributed by atoms with Crippen LogP contribution in [0.5, 0.6) is 0 Å². The Hall–Kier alpha value is -2.86. The van der Waals surface area contributed by atoms with Gasteiger partial charge in [0.2, 0.25) is 17.7 Å². The van der Waals surface area contributed by atoms with Gasteiger partial charge in [0.05, 0.1) is 16.6 Å². The van der Waals surface area contributed by atoms with Gasteiger partial charge in [-0.2, -0.15) is 0 Å². The highest BCUT2D eigenvalue weighted by Gasteiger charge is 2.36. The van der Waals surface area contributed by atoms with Crippen molar-refractivity contribution in [3.8, 4) is 0 Å². The topological polar surface area (TPSA) is 69.7 Å². The average molecular weight is 398 g/mol. The minimum atomic E-state index is -0.439. The second kappa shape index (κ2) is 7.28. The molecule has 4 rings (SSSR count). The molecular formula is C21H20ClN3O3. The van der Waals surface area contributed by atoms with Crippen molar-refractivity contribution in [1.29, 1.82) is 0 Å². The third-order valence-corrected chi connectivity index (χ3v) is 5.61. The molecule has 0 aliphatic carbocycles. The first-order valence-corrected chi connectivity index (χ1v) is 9.58.